The van der Waals surface area contributed by atoms with Crippen LogP contribution in [0.25, 0.3) is 22.4 Å². The minimum Gasteiger partial charge on any atom is -0.494 e. The Morgan fingerprint density at radius 2 is 2.03 bits per heavy atom. The van der Waals surface area contributed by atoms with E-state index in [1.54, 1.807) is 24.7 Å². The van der Waals surface area contributed by atoms with Gasteiger partial charge in [-0.1, -0.05) is 0 Å². The van der Waals surface area contributed by atoms with Gasteiger partial charge >= 0.3 is 0 Å². The van der Waals surface area contributed by atoms with Gasteiger partial charge in [0.2, 0.25) is 0 Å². The smallest absolute Gasteiger partial charge is 0.165 e. The second-order valence-corrected chi connectivity index (χ2v) is 9.23. The summed E-state index contributed by atoms with van der Waals surface area (Å²) in [6, 6.07) is 6.62. The Hall–Kier alpha value is -3.86. The first kappa shape index (κ1) is 23.9. The molecule has 4 aromatic rings. The number of methoxy groups -OCH3 is 1. The Morgan fingerprint density at radius 1 is 1.19 bits per heavy atom. The normalized spacial score (nSPS) is 19.0. The molecule has 0 spiro atoms. The fourth-order valence-electron chi connectivity index (χ4n) is 4.73. The first-order chi connectivity index (χ1) is 17.3. The van der Waals surface area contributed by atoms with Crippen LogP contribution in [0.2, 0.25) is 0 Å². The molecule has 36 heavy (non-hydrogen) atoms. The van der Waals surface area contributed by atoms with Crippen molar-refractivity contribution in [2.75, 3.05) is 30.8 Å². The van der Waals surface area contributed by atoms with E-state index in [1.165, 1.54) is 26.4 Å². The van der Waals surface area contributed by atoms with Gasteiger partial charge in [0, 0.05) is 18.7 Å². The van der Waals surface area contributed by atoms with Crippen molar-refractivity contribution in [1.82, 2.24) is 24.5 Å². The molecule has 1 fully saturated rings. The number of fused-ring (bicyclic) bond motifs is 1. The second kappa shape index (κ2) is 9.30. The van der Waals surface area contributed by atoms with Crippen LogP contribution in [0.4, 0.5) is 20.3 Å². The van der Waals surface area contributed by atoms with E-state index in [9.17, 15) is 8.78 Å². The molecule has 0 radical (unpaired) electrons. The lowest BCUT2D eigenvalue weighted by atomic mass is 9.86. The highest BCUT2D eigenvalue weighted by Crippen LogP contribution is 2.33. The minimum atomic E-state index is -1.16. The molecule has 4 N–H and O–H groups in total. The molecule has 0 amide bonds. The number of aromatic nitrogens is 5. The molecule has 4 heterocycles. The van der Waals surface area contributed by atoms with E-state index < -0.39 is 17.5 Å². The van der Waals surface area contributed by atoms with Gasteiger partial charge in [0.1, 0.15) is 18.0 Å². The molecule has 2 unspecified atom stereocenters. The van der Waals surface area contributed by atoms with E-state index in [0.29, 0.717) is 47.7 Å². The van der Waals surface area contributed by atoms with Crippen molar-refractivity contribution in [2.45, 2.75) is 38.0 Å². The minimum absolute atomic E-state index is 0.158. The number of imidazole rings is 1. The average Bonchev–Trinajstić information content (AvgIpc) is 3.28. The summed E-state index contributed by atoms with van der Waals surface area (Å²) in [5.41, 5.74) is 15.4. The van der Waals surface area contributed by atoms with Crippen molar-refractivity contribution >= 4 is 22.7 Å². The van der Waals surface area contributed by atoms with Crippen LogP contribution in [0.5, 0.6) is 5.75 Å². The molecule has 3 aromatic heterocycles. The molecule has 2 atom stereocenters. The molecule has 1 aliphatic rings. The lowest BCUT2D eigenvalue weighted by Gasteiger charge is -2.42. The zero-order valence-electron chi connectivity index (χ0n) is 20.2. The van der Waals surface area contributed by atoms with Crippen LogP contribution in [0.15, 0.2) is 43.1 Å². The molecule has 5 rings (SSSR count). The zero-order valence-corrected chi connectivity index (χ0v) is 20.2. The van der Waals surface area contributed by atoms with E-state index in [2.05, 4.69) is 24.8 Å². The number of benzene rings is 1. The van der Waals surface area contributed by atoms with Gasteiger partial charge in [0.15, 0.2) is 23.0 Å². The second-order valence-electron chi connectivity index (χ2n) is 9.23. The molecular weight excluding hydrogens is 466 g/mol. The third-order valence-corrected chi connectivity index (χ3v) is 6.87. The van der Waals surface area contributed by atoms with E-state index in [-0.39, 0.29) is 5.75 Å². The van der Waals surface area contributed by atoms with Gasteiger partial charge in [-0.3, -0.25) is 4.98 Å². The van der Waals surface area contributed by atoms with Gasteiger partial charge in [0.25, 0.3) is 0 Å². The summed E-state index contributed by atoms with van der Waals surface area (Å²) in [5.74, 6) is -0.0224. The van der Waals surface area contributed by atoms with Gasteiger partial charge in [0.05, 0.1) is 43.1 Å². The van der Waals surface area contributed by atoms with Crippen LogP contribution in [0, 0.1) is 5.82 Å². The molecule has 188 valence electrons. The molecular formula is C25H28F2N8O. The lowest BCUT2D eigenvalue weighted by Crippen LogP contribution is -2.59. The molecule has 1 saturated heterocycles. The number of halogens is 2. The number of nitrogens with two attached hydrogens (primary N) is 2. The summed E-state index contributed by atoms with van der Waals surface area (Å²) >= 11 is 0. The SMILES string of the molecule is COc1ccc(-c2cc(Cn3cnc4c(N)ncnc43)c(N3CCCC(N)(C(C)F)C3)cn2)cc1F. The Kier molecular flexibility index (Phi) is 6.17. The summed E-state index contributed by atoms with van der Waals surface area (Å²) in [4.78, 5) is 19.4. The van der Waals surface area contributed by atoms with Crippen LogP contribution in [0.3, 0.4) is 0 Å². The van der Waals surface area contributed by atoms with Crippen molar-refractivity contribution < 1.29 is 13.5 Å². The number of anilines is 2. The number of hydrogen-bond donors (Lipinski definition) is 2. The number of hydrogen-bond acceptors (Lipinski definition) is 8. The van der Waals surface area contributed by atoms with Gasteiger partial charge < -0.3 is 25.7 Å². The third kappa shape index (κ3) is 4.30. The lowest BCUT2D eigenvalue weighted by molar-refractivity contribution is 0.181. The maximum absolute atomic E-state index is 14.4. The Morgan fingerprint density at radius 3 is 2.78 bits per heavy atom. The first-order valence-corrected chi connectivity index (χ1v) is 11.7. The quantitative estimate of drug-likeness (QED) is 0.419. The number of pyridine rings is 1. The van der Waals surface area contributed by atoms with Crippen LogP contribution < -0.4 is 21.1 Å². The van der Waals surface area contributed by atoms with E-state index in [4.69, 9.17) is 16.2 Å². The highest BCUT2D eigenvalue weighted by Gasteiger charge is 2.37. The van der Waals surface area contributed by atoms with E-state index in [0.717, 1.165) is 24.2 Å². The van der Waals surface area contributed by atoms with Crippen molar-refractivity contribution in [1.29, 1.82) is 0 Å². The number of ether oxygens (including phenoxy) is 1. The summed E-state index contributed by atoms with van der Waals surface area (Å²) in [6.45, 7) is 2.97. The summed E-state index contributed by atoms with van der Waals surface area (Å²) < 4.78 is 35.8. The third-order valence-electron chi connectivity index (χ3n) is 6.87. The fourth-order valence-corrected chi connectivity index (χ4v) is 4.73. The van der Waals surface area contributed by atoms with Crippen molar-refractivity contribution in [3.05, 3.63) is 54.5 Å². The molecule has 0 saturated carbocycles. The van der Waals surface area contributed by atoms with Gasteiger partial charge in [-0.15, -0.1) is 0 Å². The molecule has 0 bridgehead atoms. The zero-order chi connectivity index (χ0) is 25.4. The maximum atomic E-state index is 14.4. The highest BCUT2D eigenvalue weighted by atomic mass is 19.1. The van der Waals surface area contributed by atoms with Crippen molar-refractivity contribution in [2.24, 2.45) is 5.73 Å². The van der Waals surface area contributed by atoms with Crippen molar-refractivity contribution in [3.63, 3.8) is 0 Å². The predicted molar refractivity (Wildman–Crippen MR) is 134 cm³/mol. The van der Waals surface area contributed by atoms with Crippen LogP contribution in [-0.4, -0.2) is 56.4 Å². The average molecular weight is 495 g/mol. The Labute approximate surface area is 207 Å². The summed E-state index contributed by atoms with van der Waals surface area (Å²) in [5, 5.41) is 0. The predicted octanol–water partition coefficient (Wildman–Crippen LogP) is 3.32. The topological polar surface area (TPSA) is 121 Å². The number of nitrogen functional groups attached to an aromatic ring is 1. The van der Waals surface area contributed by atoms with Crippen molar-refractivity contribution in [3.8, 4) is 17.0 Å². The summed E-state index contributed by atoms with van der Waals surface area (Å²) in [7, 11) is 1.42. The standard InChI is InChI=1S/C25H28F2N8O/c1-15(26)25(29)6-3-7-34(12-25)20-10-30-19(16-4-5-21(36-2)18(27)8-16)9-17(20)11-35-14-33-22-23(28)31-13-32-24(22)35/h4-5,8-10,13-15H,3,6-7,11-12,29H2,1-2H3,(H2,28,31,32). The largest absolute Gasteiger partial charge is 0.494 e. The van der Waals surface area contributed by atoms with E-state index in [1.807, 2.05) is 10.6 Å². The molecule has 0 aliphatic carbocycles. The summed E-state index contributed by atoms with van der Waals surface area (Å²) in [6.07, 6.45) is 4.99. The van der Waals surface area contributed by atoms with E-state index >= 15 is 0 Å². The van der Waals surface area contributed by atoms with Crippen LogP contribution in [-0.2, 0) is 6.54 Å². The molecule has 11 heteroatoms. The number of alkyl halides is 1. The molecule has 1 aliphatic heterocycles. The number of rotatable bonds is 6. The van der Waals surface area contributed by atoms with Gasteiger partial charge in [-0.2, -0.15) is 0 Å². The Balaban J connectivity index is 1.58. The molecule has 1 aromatic carbocycles. The van der Waals surface area contributed by atoms with Crippen LogP contribution >= 0.6 is 0 Å². The van der Waals surface area contributed by atoms with Gasteiger partial charge in [-0.25, -0.2) is 23.7 Å². The number of piperidine rings is 1. The van der Waals surface area contributed by atoms with Crippen LogP contribution in [0.1, 0.15) is 25.3 Å². The fraction of sp³-hybridized carbons (Fsp3) is 0.360. The Bertz CT molecular complexity index is 1410. The first-order valence-electron chi connectivity index (χ1n) is 11.7. The number of nitrogens with zero attached hydrogens (tertiary/aromatic N) is 6. The molecule has 9 nitrogen and oxygen atoms in total. The monoisotopic (exact) mass is 494 g/mol. The maximum Gasteiger partial charge on any atom is 0.165 e. The highest BCUT2D eigenvalue weighted by molar-refractivity contribution is 5.81. The van der Waals surface area contributed by atoms with Gasteiger partial charge in [-0.05, 0) is 49.6 Å².